The van der Waals surface area contributed by atoms with E-state index < -0.39 is 12.6 Å². The summed E-state index contributed by atoms with van der Waals surface area (Å²) < 4.78 is 0. The third-order valence-corrected chi connectivity index (χ3v) is 1.52. The molecular weight excluding hydrogens is 184 g/mol. The van der Waals surface area contributed by atoms with E-state index in [2.05, 4.69) is 17.2 Å². The first-order chi connectivity index (χ1) is 6.61. The van der Waals surface area contributed by atoms with Crippen LogP contribution in [0.15, 0.2) is 12.7 Å². The van der Waals surface area contributed by atoms with Crippen molar-refractivity contribution in [2.75, 3.05) is 13.2 Å². The highest BCUT2D eigenvalue weighted by Gasteiger charge is 2.16. The van der Waals surface area contributed by atoms with Crippen LogP contribution in [0.25, 0.3) is 0 Å². The maximum absolute atomic E-state index is 11.3. The average Bonchev–Trinajstić information content (AvgIpc) is 2.14. The van der Waals surface area contributed by atoms with Gasteiger partial charge in [-0.1, -0.05) is 6.08 Å². The summed E-state index contributed by atoms with van der Waals surface area (Å²) >= 11 is 0. The lowest BCUT2D eigenvalue weighted by atomic mass is 10.3. The second kappa shape index (κ2) is 7.08. The standard InChI is InChI=1S/C9H16N2O3/c1-3-4-5-10-9(14)8(6-12)11-7(2)13/h3,8,12H,1,4-6H2,2H3,(H,10,14)(H,11,13)/t8-/m1/s1. The molecule has 0 aromatic heterocycles. The predicted octanol–water partition coefficient (Wildman–Crippen LogP) is -0.824. The smallest absolute Gasteiger partial charge is 0.244 e. The van der Waals surface area contributed by atoms with Crippen molar-refractivity contribution < 1.29 is 14.7 Å². The summed E-state index contributed by atoms with van der Waals surface area (Å²) in [5.41, 5.74) is 0. The molecule has 0 bridgehead atoms. The van der Waals surface area contributed by atoms with E-state index in [4.69, 9.17) is 5.11 Å². The minimum atomic E-state index is -0.864. The van der Waals surface area contributed by atoms with Gasteiger partial charge < -0.3 is 15.7 Å². The van der Waals surface area contributed by atoms with Gasteiger partial charge in [0, 0.05) is 13.5 Å². The van der Waals surface area contributed by atoms with Gasteiger partial charge in [0.05, 0.1) is 6.61 Å². The maximum Gasteiger partial charge on any atom is 0.244 e. The Bertz CT molecular complexity index is 216. The number of amides is 2. The molecule has 0 aromatic carbocycles. The minimum Gasteiger partial charge on any atom is -0.394 e. The molecule has 0 spiro atoms. The second-order valence-electron chi connectivity index (χ2n) is 2.80. The van der Waals surface area contributed by atoms with Gasteiger partial charge in [0.25, 0.3) is 0 Å². The van der Waals surface area contributed by atoms with Gasteiger partial charge in [0.2, 0.25) is 11.8 Å². The van der Waals surface area contributed by atoms with Crippen molar-refractivity contribution in [2.45, 2.75) is 19.4 Å². The van der Waals surface area contributed by atoms with Crippen LogP contribution in [0.3, 0.4) is 0 Å². The van der Waals surface area contributed by atoms with Crippen LogP contribution in [-0.4, -0.2) is 36.1 Å². The minimum absolute atomic E-state index is 0.345. The summed E-state index contributed by atoms with van der Waals surface area (Å²) in [6.45, 7) is 4.85. The van der Waals surface area contributed by atoms with E-state index in [9.17, 15) is 9.59 Å². The first-order valence-electron chi connectivity index (χ1n) is 4.38. The van der Waals surface area contributed by atoms with Gasteiger partial charge in [-0.3, -0.25) is 9.59 Å². The van der Waals surface area contributed by atoms with Crippen LogP contribution in [0.2, 0.25) is 0 Å². The Balaban J connectivity index is 3.91. The second-order valence-corrected chi connectivity index (χ2v) is 2.80. The number of carbonyl (C=O) groups excluding carboxylic acids is 2. The van der Waals surface area contributed by atoms with E-state index >= 15 is 0 Å². The summed E-state index contributed by atoms with van der Waals surface area (Å²) in [7, 11) is 0. The van der Waals surface area contributed by atoms with Gasteiger partial charge in [-0.05, 0) is 6.42 Å². The maximum atomic E-state index is 11.3. The van der Waals surface area contributed by atoms with Crippen LogP contribution in [0.1, 0.15) is 13.3 Å². The number of nitrogens with one attached hydrogen (secondary N) is 2. The third-order valence-electron chi connectivity index (χ3n) is 1.52. The fourth-order valence-electron chi connectivity index (χ4n) is 0.860. The van der Waals surface area contributed by atoms with Crippen LogP contribution in [0.4, 0.5) is 0 Å². The molecular formula is C9H16N2O3. The highest BCUT2D eigenvalue weighted by molar-refractivity contribution is 5.86. The van der Waals surface area contributed by atoms with E-state index in [1.807, 2.05) is 0 Å². The van der Waals surface area contributed by atoms with Crippen LogP contribution in [-0.2, 0) is 9.59 Å². The van der Waals surface area contributed by atoms with Gasteiger partial charge in [-0.25, -0.2) is 0 Å². The molecule has 80 valence electrons. The lowest BCUT2D eigenvalue weighted by molar-refractivity contribution is -0.129. The van der Waals surface area contributed by atoms with Crippen LogP contribution in [0, 0.1) is 0 Å². The van der Waals surface area contributed by atoms with Crippen molar-refractivity contribution in [3.8, 4) is 0 Å². The van der Waals surface area contributed by atoms with Gasteiger partial charge >= 0.3 is 0 Å². The number of rotatable bonds is 6. The molecule has 2 amide bonds. The Morgan fingerprint density at radius 2 is 2.21 bits per heavy atom. The highest BCUT2D eigenvalue weighted by Crippen LogP contribution is 1.84. The number of hydrogen-bond acceptors (Lipinski definition) is 3. The zero-order valence-corrected chi connectivity index (χ0v) is 8.25. The molecule has 1 atom stereocenters. The molecule has 14 heavy (non-hydrogen) atoms. The molecule has 0 aromatic rings. The Hall–Kier alpha value is -1.36. The summed E-state index contributed by atoms with van der Waals surface area (Å²) in [4.78, 5) is 21.9. The van der Waals surface area contributed by atoms with Crippen molar-refractivity contribution in [3.63, 3.8) is 0 Å². The molecule has 5 nitrogen and oxygen atoms in total. The number of carbonyl (C=O) groups is 2. The number of hydrogen-bond donors (Lipinski definition) is 3. The predicted molar refractivity (Wildman–Crippen MR) is 52.5 cm³/mol. The molecule has 0 saturated carbocycles. The topological polar surface area (TPSA) is 78.4 Å². The zero-order chi connectivity index (χ0) is 11.0. The van der Waals surface area contributed by atoms with E-state index in [-0.39, 0.29) is 11.8 Å². The molecule has 0 heterocycles. The molecule has 0 aliphatic rings. The van der Waals surface area contributed by atoms with E-state index in [0.29, 0.717) is 13.0 Å². The van der Waals surface area contributed by atoms with Gasteiger partial charge in [0.15, 0.2) is 0 Å². The fourth-order valence-corrected chi connectivity index (χ4v) is 0.860. The Morgan fingerprint density at radius 1 is 1.57 bits per heavy atom. The Morgan fingerprint density at radius 3 is 2.64 bits per heavy atom. The molecule has 0 rings (SSSR count). The molecule has 0 aliphatic carbocycles. The summed E-state index contributed by atoms with van der Waals surface area (Å²) in [6.07, 6.45) is 2.33. The van der Waals surface area contributed by atoms with Crippen molar-refractivity contribution >= 4 is 11.8 Å². The molecule has 0 unspecified atom stereocenters. The van der Waals surface area contributed by atoms with Crippen molar-refractivity contribution in [1.82, 2.24) is 10.6 Å². The van der Waals surface area contributed by atoms with E-state index in [1.165, 1.54) is 6.92 Å². The largest absolute Gasteiger partial charge is 0.394 e. The quantitative estimate of drug-likeness (QED) is 0.387. The molecule has 0 saturated heterocycles. The summed E-state index contributed by atoms with van der Waals surface area (Å²) in [5.74, 6) is -0.729. The SMILES string of the molecule is C=CCCNC(=O)[C@@H](CO)NC(C)=O. The van der Waals surface area contributed by atoms with Crippen LogP contribution < -0.4 is 10.6 Å². The van der Waals surface area contributed by atoms with E-state index in [0.717, 1.165) is 0 Å². The first kappa shape index (κ1) is 12.6. The van der Waals surface area contributed by atoms with Crippen molar-refractivity contribution in [3.05, 3.63) is 12.7 Å². The monoisotopic (exact) mass is 200 g/mol. The summed E-state index contributed by atoms with van der Waals surface area (Å²) in [5, 5.41) is 13.7. The molecule has 0 aliphatic heterocycles. The summed E-state index contributed by atoms with van der Waals surface area (Å²) in [6, 6.07) is -0.864. The third kappa shape index (κ3) is 5.31. The Kier molecular flexibility index (Phi) is 6.39. The molecule has 3 N–H and O–H groups in total. The van der Waals surface area contributed by atoms with Gasteiger partial charge in [0.1, 0.15) is 6.04 Å². The van der Waals surface area contributed by atoms with E-state index in [1.54, 1.807) is 6.08 Å². The molecule has 5 heteroatoms. The highest BCUT2D eigenvalue weighted by atomic mass is 16.3. The van der Waals surface area contributed by atoms with Gasteiger partial charge in [-0.15, -0.1) is 6.58 Å². The zero-order valence-electron chi connectivity index (χ0n) is 8.25. The van der Waals surface area contributed by atoms with Crippen LogP contribution >= 0.6 is 0 Å². The fraction of sp³-hybridized carbons (Fsp3) is 0.556. The normalized spacial score (nSPS) is 11.6. The van der Waals surface area contributed by atoms with Crippen molar-refractivity contribution in [2.24, 2.45) is 0 Å². The number of aliphatic hydroxyl groups is 1. The molecule has 0 fully saturated rings. The first-order valence-corrected chi connectivity index (χ1v) is 4.38. The Labute approximate surface area is 83.2 Å². The van der Waals surface area contributed by atoms with Crippen LogP contribution in [0.5, 0.6) is 0 Å². The van der Waals surface area contributed by atoms with Crippen molar-refractivity contribution in [1.29, 1.82) is 0 Å². The average molecular weight is 200 g/mol. The lowest BCUT2D eigenvalue weighted by Gasteiger charge is -2.14. The molecule has 0 radical (unpaired) electrons. The number of aliphatic hydroxyl groups excluding tert-OH is 1. The lowest BCUT2D eigenvalue weighted by Crippen LogP contribution is -2.48. The van der Waals surface area contributed by atoms with Gasteiger partial charge in [-0.2, -0.15) is 0 Å².